The molecule has 2 aliphatic rings. The van der Waals surface area contributed by atoms with Crippen LogP contribution in [0.15, 0.2) is 30.3 Å². The summed E-state index contributed by atoms with van der Waals surface area (Å²) in [6.45, 7) is 4.09. The van der Waals surface area contributed by atoms with Gasteiger partial charge in [0.1, 0.15) is 5.75 Å². The van der Waals surface area contributed by atoms with Gasteiger partial charge in [0.15, 0.2) is 0 Å². The van der Waals surface area contributed by atoms with E-state index in [4.69, 9.17) is 4.74 Å². The summed E-state index contributed by atoms with van der Waals surface area (Å²) in [7, 11) is 0. The van der Waals surface area contributed by atoms with Gasteiger partial charge in [-0.1, -0.05) is 0 Å². The van der Waals surface area contributed by atoms with Gasteiger partial charge >= 0.3 is 0 Å². The lowest BCUT2D eigenvalue weighted by molar-refractivity contribution is 0.0797. The van der Waals surface area contributed by atoms with E-state index in [2.05, 4.69) is 4.98 Å². The second kappa shape index (κ2) is 6.02. The molecule has 134 valence electrons. The number of nitrogens with zero attached hydrogens (tertiary/aromatic N) is 1. The number of Topliss-reactive ketones (excluding diaryl/α,β-unsaturated/α-hetero) is 2. The maximum Gasteiger partial charge on any atom is 0.235 e. The molecule has 2 aromatic rings. The summed E-state index contributed by atoms with van der Waals surface area (Å²) in [6, 6.07) is 8.50. The predicted molar refractivity (Wildman–Crippen MR) is 96.6 cm³/mol. The smallest absolute Gasteiger partial charge is 0.235 e. The highest BCUT2D eigenvalue weighted by Crippen LogP contribution is 2.36. The minimum atomic E-state index is -0.909. The van der Waals surface area contributed by atoms with E-state index in [0.717, 1.165) is 0 Å². The number of carbonyl (C=O) groups is 2. The van der Waals surface area contributed by atoms with Gasteiger partial charge in [0.2, 0.25) is 11.6 Å². The minimum absolute atomic E-state index is 0.307. The lowest BCUT2D eigenvalue weighted by atomic mass is 9.86. The SMILES string of the molecule is CC(C)(O)Cc1ccc2c(n1)-c1cc(OCC3CC3)ccc1C(=O)C2=O. The molecule has 26 heavy (non-hydrogen) atoms. The van der Waals surface area contributed by atoms with Gasteiger partial charge in [0.25, 0.3) is 0 Å². The molecule has 0 aliphatic heterocycles. The molecule has 4 rings (SSSR count). The van der Waals surface area contributed by atoms with Gasteiger partial charge in [-0.15, -0.1) is 0 Å². The molecule has 5 heteroatoms. The normalized spacial score (nSPS) is 16.3. The first-order valence-corrected chi connectivity index (χ1v) is 8.90. The Labute approximate surface area is 152 Å². The molecule has 0 amide bonds. The first-order chi connectivity index (χ1) is 12.3. The van der Waals surface area contributed by atoms with Crippen molar-refractivity contribution in [3.63, 3.8) is 0 Å². The Hall–Kier alpha value is -2.53. The standard InChI is InChI=1S/C21H21NO4/c1-21(2,25)10-13-5-7-16-18(22-13)17-9-14(26-11-12-3-4-12)6-8-15(17)19(23)20(16)24/h5-9,12,25H,3-4,10-11H2,1-2H3. The number of ketones is 2. The van der Waals surface area contributed by atoms with Gasteiger partial charge < -0.3 is 9.84 Å². The van der Waals surface area contributed by atoms with Crippen molar-refractivity contribution < 1.29 is 19.4 Å². The topological polar surface area (TPSA) is 76.5 Å². The Morgan fingerprint density at radius 1 is 1.08 bits per heavy atom. The van der Waals surface area contributed by atoms with Crippen LogP contribution in [0.4, 0.5) is 0 Å². The van der Waals surface area contributed by atoms with Crippen molar-refractivity contribution in [2.75, 3.05) is 6.61 Å². The van der Waals surface area contributed by atoms with Crippen LogP contribution in [0.1, 0.15) is 53.1 Å². The van der Waals surface area contributed by atoms with Gasteiger partial charge in [0.05, 0.1) is 23.5 Å². The minimum Gasteiger partial charge on any atom is -0.493 e. The van der Waals surface area contributed by atoms with Crippen LogP contribution in [0.25, 0.3) is 11.3 Å². The third-order valence-electron chi connectivity index (χ3n) is 4.69. The third-order valence-corrected chi connectivity index (χ3v) is 4.69. The molecule has 0 bridgehead atoms. The molecular formula is C21H21NO4. The zero-order valence-corrected chi connectivity index (χ0v) is 14.9. The largest absolute Gasteiger partial charge is 0.493 e. The summed E-state index contributed by atoms with van der Waals surface area (Å²) in [5.41, 5.74) is 1.54. The van der Waals surface area contributed by atoms with Crippen LogP contribution in [0, 0.1) is 5.92 Å². The number of ether oxygens (including phenoxy) is 1. The summed E-state index contributed by atoms with van der Waals surface area (Å²) < 4.78 is 5.82. The molecular weight excluding hydrogens is 330 g/mol. The molecule has 0 unspecified atom stereocenters. The van der Waals surface area contributed by atoms with E-state index in [1.165, 1.54) is 12.8 Å². The molecule has 0 saturated heterocycles. The number of benzene rings is 1. The number of pyridine rings is 1. The van der Waals surface area contributed by atoms with Gasteiger partial charge in [-0.25, -0.2) is 0 Å². The highest BCUT2D eigenvalue weighted by molar-refractivity contribution is 6.52. The average molecular weight is 351 g/mol. The molecule has 5 nitrogen and oxygen atoms in total. The van der Waals surface area contributed by atoms with Gasteiger partial charge in [0, 0.05) is 23.2 Å². The first kappa shape index (κ1) is 16.9. The maximum atomic E-state index is 12.4. The van der Waals surface area contributed by atoms with E-state index in [1.807, 2.05) is 0 Å². The fourth-order valence-corrected chi connectivity index (χ4v) is 3.18. The molecule has 1 heterocycles. The van der Waals surface area contributed by atoms with Crippen molar-refractivity contribution in [2.45, 2.75) is 38.7 Å². The molecule has 1 saturated carbocycles. The maximum absolute atomic E-state index is 12.4. The Bertz CT molecular complexity index is 907. The van der Waals surface area contributed by atoms with Gasteiger partial charge in [-0.05, 0) is 62.9 Å². The van der Waals surface area contributed by atoms with E-state index in [9.17, 15) is 14.7 Å². The van der Waals surface area contributed by atoms with E-state index in [1.54, 1.807) is 44.2 Å². The molecule has 1 aromatic carbocycles. The van der Waals surface area contributed by atoms with E-state index in [0.29, 0.717) is 52.8 Å². The first-order valence-electron chi connectivity index (χ1n) is 8.90. The summed E-state index contributed by atoms with van der Waals surface area (Å²) in [5.74, 6) is 0.247. The predicted octanol–water partition coefficient (Wildman–Crippen LogP) is 3.23. The summed E-state index contributed by atoms with van der Waals surface area (Å²) >= 11 is 0. The van der Waals surface area contributed by atoms with Crippen LogP contribution in [0.2, 0.25) is 0 Å². The zero-order valence-electron chi connectivity index (χ0n) is 14.9. The van der Waals surface area contributed by atoms with Crippen molar-refractivity contribution in [3.8, 4) is 17.0 Å². The third kappa shape index (κ3) is 3.27. The number of hydrogen-bond donors (Lipinski definition) is 1. The fourth-order valence-electron chi connectivity index (χ4n) is 3.18. The molecule has 0 radical (unpaired) electrons. The monoisotopic (exact) mass is 351 g/mol. The zero-order chi connectivity index (χ0) is 18.5. The molecule has 0 atom stereocenters. The Morgan fingerprint density at radius 2 is 1.77 bits per heavy atom. The van der Waals surface area contributed by atoms with E-state index >= 15 is 0 Å². The molecule has 1 N–H and O–H groups in total. The van der Waals surface area contributed by atoms with Crippen molar-refractivity contribution in [2.24, 2.45) is 5.92 Å². The van der Waals surface area contributed by atoms with Crippen LogP contribution in [-0.2, 0) is 6.42 Å². The molecule has 2 aliphatic carbocycles. The summed E-state index contributed by atoms with van der Waals surface area (Å²) in [5, 5.41) is 10.1. The lowest BCUT2D eigenvalue weighted by Gasteiger charge is -2.21. The average Bonchev–Trinajstić information content (AvgIpc) is 3.40. The van der Waals surface area contributed by atoms with Gasteiger partial charge in [-0.3, -0.25) is 14.6 Å². The Morgan fingerprint density at radius 3 is 2.46 bits per heavy atom. The van der Waals surface area contributed by atoms with E-state index < -0.39 is 17.2 Å². The van der Waals surface area contributed by atoms with E-state index in [-0.39, 0.29) is 0 Å². The highest BCUT2D eigenvalue weighted by atomic mass is 16.5. The number of hydrogen-bond acceptors (Lipinski definition) is 5. The molecule has 1 aromatic heterocycles. The quantitative estimate of drug-likeness (QED) is 0.837. The Kier molecular flexibility index (Phi) is 3.92. The van der Waals surface area contributed by atoms with Crippen LogP contribution in [0.3, 0.4) is 0 Å². The number of fused-ring (bicyclic) bond motifs is 3. The van der Waals surface area contributed by atoms with Crippen molar-refractivity contribution in [1.82, 2.24) is 4.98 Å². The number of rotatable bonds is 5. The number of carbonyl (C=O) groups excluding carboxylic acids is 2. The number of aliphatic hydroxyl groups is 1. The van der Waals surface area contributed by atoms with Crippen LogP contribution >= 0.6 is 0 Å². The summed E-state index contributed by atoms with van der Waals surface area (Å²) in [6.07, 6.45) is 2.75. The lowest BCUT2D eigenvalue weighted by Crippen LogP contribution is -2.25. The van der Waals surface area contributed by atoms with Crippen LogP contribution in [-0.4, -0.2) is 33.9 Å². The highest BCUT2D eigenvalue weighted by Gasteiger charge is 2.32. The Balaban J connectivity index is 1.76. The van der Waals surface area contributed by atoms with Gasteiger partial charge in [-0.2, -0.15) is 0 Å². The van der Waals surface area contributed by atoms with Crippen LogP contribution < -0.4 is 4.74 Å². The molecule has 0 spiro atoms. The van der Waals surface area contributed by atoms with Crippen molar-refractivity contribution in [1.29, 1.82) is 0 Å². The fraction of sp³-hybridized carbons (Fsp3) is 0.381. The summed E-state index contributed by atoms with van der Waals surface area (Å²) in [4.78, 5) is 29.4. The number of aromatic nitrogens is 1. The molecule has 1 fully saturated rings. The van der Waals surface area contributed by atoms with Crippen molar-refractivity contribution in [3.05, 3.63) is 47.2 Å². The van der Waals surface area contributed by atoms with Crippen molar-refractivity contribution >= 4 is 11.6 Å². The second-order valence-electron chi connectivity index (χ2n) is 7.81. The second-order valence-corrected chi connectivity index (χ2v) is 7.81. The van der Waals surface area contributed by atoms with Crippen LogP contribution in [0.5, 0.6) is 5.75 Å².